The minimum Gasteiger partial charge on any atom is -0.378 e. The van der Waals surface area contributed by atoms with E-state index in [1.165, 1.54) is 0 Å². The Morgan fingerprint density at radius 2 is 2.32 bits per heavy atom. The van der Waals surface area contributed by atoms with Gasteiger partial charge in [0.05, 0.1) is 6.10 Å². The Hall–Kier alpha value is -1.62. The van der Waals surface area contributed by atoms with Gasteiger partial charge in [0.1, 0.15) is 0 Å². The predicted molar refractivity (Wildman–Crippen MR) is 74.2 cm³/mol. The number of nitrogens with zero attached hydrogens (tertiary/aromatic N) is 3. The van der Waals surface area contributed by atoms with E-state index in [4.69, 9.17) is 4.74 Å². The Bertz CT molecular complexity index is 545. The molecule has 0 spiro atoms. The van der Waals surface area contributed by atoms with Gasteiger partial charge in [-0.05, 0) is 25.5 Å². The quantitative estimate of drug-likeness (QED) is 0.916. The number of hydrogen-bond acceptors (Lipinski definition) is 4. The van der Waals surface area contributed by atoms with Crippen molar-refractivity contribution in [1.29, 1.82) is 0 Å². The van der Waals surface area contributed by atoms with Crippen LogP contribution in [-0.2, 0) is 4.74 Å². The number of rotatable bonds is 4. The van der Waals surface area contributed by atoms with Crippen molar-refractivity contribution in [3.8, 4) is 0 Å². The lowest BCUT2D eigenvalue weighted by Crippen LogP contribution is -2.58. The molecule has 102 valence electrons. The lowest BCUT2D eigenvalue weighted by molar-refractivity contribution is -0.0977. The van der Waals surface area contributed by atoms with Gasteiger partial charge in [-0.1, -0.05) is 19.9 Å². The first-order valence-electron chi connectivity index (χ1n) is 6.81. The summed E-state index contributed by atoms with van der Waals surface area (Å²) < 4.78 is 7.52. The fourth-order valence-corrected chi connectivity index (χ4v) is 2.66. The largest absolute Gasteiger partial charge is 0.378 e. The van der Waals surface area contributed by atoms with Gasteiger partial charge in [0.25, 0.3) is 0 Å². The molecule has 5 heteroatoms. The van der Waals surface area contributed by atoms with Crippen LogP contribution in [0.1, 0.15) is 27.2 Å². The lowest BCUT2D eigenvalue weighted by atomic mass is 9.64. The molecule has 1 fully saturated rings. The molecule has 1 aliphatic carbocycles. The summed E-state index contributed by atoms with van der Waals surface area (Å²) in [7, 11) is 0. The highest BCUT2D eigenvalue weighted by Gasteiger charge is 2.49. The first-order valence-corrected chi connectivity index (χ1v) is 6.81. The van der Waals surface area contributed by atoms with E-state index in [0.717, 1.165) is 18.7 Å². The molecule has 1 N–H and O–H groups in total. The summed E-state index contributed by atoms with van der Waals surface area (Å²) in [5.74, 6) is 0.694. The second kappa shape index (κ2) is 4.49. The van der Waals surface area contributed by atoms with Gasteiger partial charge in [0.2, 0.25) is 5.95 Å². The zero-order valence-electron chi connectivity index (χ0n) is 11.6. The third-order valence-corrected chi connectivity index (χ3v) is 4.09. The van der Waals surface area contributed by atoms with Crippen LogP contribution in [-0.4, -0.2) is 33.4 Å². The number of anilines is 1. The van der Waals surface area contributed by atoms with Crippen molar-refractivity contribution in [3.63, 3.8) is 0 Å². The van der Waals surface area contributed by atoms with Crippen molar-refractivity contribution in [2.45, 2.75) is 39.3 Å². The highest BCUT2D eigenvalue weighted by Crippen LogP contribution is 2.44. The molecule has 1 saturated carbocycles. The molecule has 0 saturated heterocycles. The minimum atomic E-state index is 0.119. The number of aromatic nitrogens is 3. The van der Waals surface area contributed by atoms with E-state index in [1.54, 1.807) is 4.52 Å². The van der Waals surface area contributed by atoms with E-state index in [1.807, 2.05) is 31.3 Å². The third kappa shape index (κ3) is 2.08. The van der Waals surface area contributed by atoms with Gasteiger partial charge in [-0.15, -0.1) is 5.10 Å². The number of pyridine rings is 1. The molecular weight excluding hydrogens is 240 g/mol. The highest BCUT2D eigenvalue weighted by atomic mass is 16.5. The van der Waals surface area contributed by atoms with Crippen LogP contribution >= 0.6 is 0 Å². The van der Waals surface area contributed by atoms with Gasteiger partial charge in [-0.3, -0.25) is 0 Å². The molecule has 2 aromatic rings. The standard InChI is InChI=1S/C14H20N4O/c1-4-19-11-9-10(14(11,2)3)15-13-16-12-7-5-6-8-18(12)17-13/h5-8,10-11H,4,9H2,1-3H3,(H,15,17). The average Bonchev–Trinajstić information content (AvgIpc) is 2.80. The molecule has 2 unspecified atom stereocenters. The van der Waals surface area contributed by atoms with Gasteiger partial charge in [0.15, 0.2) is 5.65 Å². The fraction of sp³-hybridized carbons (Fsp3) is 0.571. The molecule has 0 bridgehead atoms. The van der Waals surface area contributed by atoms with E-state index in [0.29, 0.717) is 18.1 Å². The normalized spacial score (nSPS) is 25.2. The Kier molecular flexibility index (Phi) is 2.93. The topological polar surface area (TPSA) is 51.5 Å². The highest BCUT2D eigenvalue weighted by molar-refractivity contribution is 5.43. The van der Waals surface area contributed by atoms with Gasteiger partial charge in [-0.2, -0.15) is 4.98 Å². The molecular formula is C14H20N4O. The number of ether oxygens (including phenoxy) is 1. The zero-order valence-corrected chi connectivity index (χ0v) is 11.6. The Labute approximate surface area is 113 Å². The molecule has 3 rings (SSSR count). The molecule has 2 heterocycles. The van der Waals surface area contributed by atoms with Crippen molar-refractivity contribution in [2.75, 3.05) is 11.9 Å². The van der Waals surface area contributed by atoms with Gasteiger partial charge >= 0.3 is 0 Å². The van der Waals surface area contributed by atoms with Crippen LogP contribution in [0.4, 0.5) is 5.95 Å². The summed E-state index contributed by atoms with van der Waals surface area (Å²) >= 11 is 0. The van der Waals surface area contributed by atoms with Crippen LogP contribution in [0.5, 0.6) is 0 Å². The SMILES string of the molecule is CCOC1CC(Nc2nc3ccccn3n2)C1(C)C. The molecule has 2 aromatic heterocycles. The van der Waals surface area contributed by atoms with Crippen LogP contribution in [0.3, 0.4) is 0 Å². The summed E-state index contributed by atoms with van der Waals surface area (Å²) in [5, 5.41) is 7.85. The summed E-state index contributed by atoms with van der Waals surface area (Å²) in [6, 6.07) is 6.23. The second-order valence-corrected chi connectivity index (χ2v) is 5.64. The van der Waals surface area contributed by atoms with E-state index in [2.05, 4.69) is 29.2 Å². The van der Waals surface area contributed by atoms with Crippen molar-refractivity contribution in [1.82, 2.24) is 14.6 Å². The maximum atomic E-state index is 5.73. The number of fused-ring (bicyclic) bond motifs is 1. The molecule has 0 amide bonds. The number of nitrogens with one attached hydrogen (secondary N) is 1. The monoisotopic (exact) mass is 260 g/mol. The summed E-state index contributed by atoms with van der Waals surface area (Å²) in [6.07, 6.45) is 3.24. The first-order chi connectivity index (χ1) is 9.11. The van der Waals surface area contributed by atoms with Gasteiger partial charge in [-0.25, -0.2) is 4.52 Å². The van der Waals surface area contributed by atoms with E-state index < -0.39 is 0 Å². The van der Waals surface area contributed by atoms with Crippen LogP contribution in [0, 0.1) is 5.41 Å². The molecule has 0 aromatic carbocycles. The molecule has 19 heavy (non-hydrogen) atoms. The molecule has 0 aliphatic heterocycles. The molecule has 1 aliphatic rings. The fourth-order valence-electron chi connectivity index (χ4n) is 2.66. The van der Waals surface area contributed by atoms with Crippen molar-refractivity contribution in [3.05, 3.63) is 24.4 Å². The maximum absolute atomic E-state index is 5.73. The smallest absolute Gasteiger partial charge is 0.243 e. The number of hydrogen-bond donors (Lipinski definition) is 1. The zero-order chi connectivity index (χ0) is 13.5. The van der Waals surface area contributed by atoms with Crippen LogP contribution < -0.4 is 5.32 Å². The lowest BCUT2D eigenvalue weighted by Gasteiger charge is -2.51. The van der Waals surface area contributed by atoms with E-state index in [9.17, 15) is 0 Å². The third-order valence-electron chi connectivity index (χ3n) is 4.09. The second-order valence-electron chi connectivity index (χ2n) is 5.64. The Morgan fingerprint density at radius 1 is 1.47 bits per heavy atom. The van der Waals surface area contributed by atoms with Crippen LogP contribution in [0.2, 0.25) is 0 Å². The van der Waals surface area contributed by atoms with Crippen molar-refractivity contribution < 1.29 is 4.74 Å². The molecule has 2 atom stereocenters. The van der Waals surface area contributed by atoms with Crippen molar-refractivity contribution in [2.24, 2.45) is 5.41 Å². The van der Waals surface area contributed by atoms with Crippen LogP contribution in [0.25, 0.3) is 5.65 Å². The van der Waals surface area contributed by atoms with E-state index >= 15 is 0 Å². The van der Waals surface area contributed by atoms with E-state index in [-0.39, 0.29) is 5.41 Å². The van der Waals surface area contributed by atoms with Gasteiger partial charge < -0.3 is 10.1 Å². The minimum absolute atomic E-state index is 0.119. The molecule has 0 radical (unpaired) electrons. The molecule has 5 nitrogen and oxygen atoms in total. The maximum Gasteiger partial charge on any atom is 0.243 e. The van der Waals surface area contributed by atoms with Crippen LogP contribution in [0.15, 0.2) is 24.4 Å². The summed E-state index contributed by atoms with van der Waals surface area (Å²) in [4.78, 5) is 4.47. The first kappa shape index (κ1) is 12.4. The summed E-state index contributed by atoms with van der Waals surface area (Å²) in [6.45, 7) is 7.27. The van der Waals surface area contributed by atoms with Gasteiger partial charge in [0, 0.05) is 24.3 Å². The average molecular weight is 260 g/mol. The Morgan fingerprint density at radius 3 is 3.00 bits per heavy atom. The summed E-state index contributed by atoms with van der Waals surface area (Å²) in [5.41, 5.74) is 0.983. The Balaban J connectivity index is 1.72. The predicted octanol–water partition coefficient (Wildman–Crippen LogP) is 2.34. The van der Waals surface area contributed by atoms with Crippen molar-refractivity contribution >= 4 is 11.6 Å².